The smallest absolute Gasteiger partial charge is 0.0312 e. The topological polar surface area (TPSA) is 3.01 Å². The molecule has 2 saturated heterocycles. The lowest BCUT2D eigenvalue weighted by Gasteiger charge is -2.02. The molecule has 2 aliphatic rings. The highest BCUT2D eigenvalue weighted by Crippen LogP contribution is 2.45. The second-order valence-electron chi connectivity index (χ2n) is 3.51. The van der Waals surface area contributed by atoms with Gasteiger partial charge < -0.3 is 0 Å². The zero-order valence-corrected chi connectivity index (χ0v) is 5.65. The van der Waals surface area contributed by atoms with Gasteiger partial charge in [0.25, 0.3) is 0 Å². The molecule has 2 fully saturated rings. The average molecular weight is 111 g/mol. The Morgan fingerprint density at radius 1 is 1.62 bits per heavy atom. The Morgan fingerprint density at radius 3 is 2.50 bits per heavy atom. The van der Waals surface area contributed by atoms with Crippen molar-refractivity contribution in [1.82, 2.24) is 4.90 Å². The first-order valence-corrected chi connectivity index (χ1v) is 3.49. The van der Waals surface area contributed by atoms with E-state index in [1.165, 1.54) is 19.4 Å². The van der Waals surface area contributed by atoms with E-state index < -0.39 is 0 Å². The molecular formula is C7H13N. The summed E-state index contributed by atoms with van der Waals surface area (Å²) < 4.78 is 0. The lowest BCUT2D eigenvalue weighted by atomic mass is 10.1. The monoisotopic (exact) mass is 111 g/mol. The molecule has 0 spiro atoms. The normalized spacial score (nSPS) is 60.8. The first kappa shape index (κ1) is 4.80. The zero-order chi connectivity index (χ0) is 5.78. The lowest BCUT2D eigenvalue weighted by molar-refractivity contribution is 0.428. The summed E-state index contributed by atoms with van der Waals surface area (Å²) in [6.45, 7) is 6.07. The van der Waals surface area contributed by atoms with Crippen molar-refractivity contribution in [2.45, 2.75) is 38.3 Å². The molecule has 3 atom stereocenters. The second kappa shape index (κ2) is 1.10. The van der Waals surface area contributed by atoms with Crippen molar-refractivity contribution in [2.75, 3.05) is 6.54 Å². The van der Waals surface area contributed by atoms with E-state index in [2.05, 4.69) is 18.7 Å². The highest BCUT2D eigenvalue weighted by molar-refractivity contribution is 5.10. The van der Waals surface area contributed by atoms with E-state index in [-0.39, 0.29) is 0 Å². The van der Waals surface area contributed by atoms with Gasteiger partial charge in [0, 0.05) is 18.1 Å². The summed E-state index contributed by atoms with van der Waals surface area (Å²) in [5.74, 6) is 0. The molecule has 3 unspecified atom stereocenters. The Hall–Kier alpha value is -0.0400. The van der Waals surface area contributed by atoms with E-state index in [1.807, 2.05) is 0 Å². The zero-order valence-electron chi connectivity index (χ0n) is 5.65. The number of hydrogen-bond acceptors (Lipinski definition) is 1. The van der Waals surface area contributed by atoms with E-state index >= 15 is 0 Å². The molecule has 1 nitrogen and oxygen atoms in total. The fourth-order valence-electron chi connectivity index (χ4n) is 1.92. The van der Waals surface area contributed by atoms with Gasteiger partial charge >= 0.3 is 0 Å². The minimum Gasteiger partial charge on any atom is -0.292 e. The first-order valence-electron chi connectivity index (χ1n) is 3.49. The Balaban J connectivity index is 2.15. The van der Waals surface area contributed by atoms with E-state index in [1.54, 1.807) is 0 Å². The lowest BCUT2D eigenvalue weighted by Crippen LogP contribution is -2.10. The third kappa shape index (κ3) is 0.408. The fraction of sp³-hybridized carbons (Fsp3) is 1.00. The van der Waals surface area contributed by atoms with E-state index in [0.717, 1.165) is 6.04 Å². The molecule has 0 aliphatic carbocycles. The number of rotatable bonds is 0. The molecule has 1 heteroatoms. The molecule has 0 aromatic carbocycles. The van der Waals surface area contributed by atoms with Crippen LogP contribution in [0, 0.1) is 0 Å². The summed E-state index contributed by atoms with van der Waals surface area (Å²) in [7, 11) is 0. The van der Waals surface area contributed by atoms with Crippen LogP contribution in [0.1, 0.15) is 26.7 Å². The quantitative estimate of drug-likeness (QED) is 0.425. The van der Waals surface area contributed by atoms with Crippen molar-refractivity contribution >= 4 is 0 Å². The van der Waals surface area contributed by atoms with Crippen LogP contribution in [-0.4, -0.2) is 23.0 Å². The SMILES string of the molecule is CC1CCC2(C)CN12. The van der Waals surface area contributed by atoms with Crippen molar-refractivity contribution in [3.8, 4) is 0 Å². The van der Waals surface area contributed by atoms with Crippen LogP contribution < -0.4 is 0 Å². The van der Waals surface area contributed by atoms with Crippen LogP contribution in [0.25, 0.3) is 0 Å². The van der Waals surface area contributed by atoms with Crippen LogP contribution in [0.15, 0.2) is 0 Å². The standard InChI is InChI=1S/C7H13N/c1-6-3-4-7(2)5-8(6)7/h6H,3-5H2,1-2H3. The maximum atomic E-state index is 2.59. The summed E-state index contributed by atoms with van der Waals surface area (Å²) in [4.78, 5) is 2.59. The predicted octanol–water partition coefficient (Wildman–Crippen LogP) is 1.24. The third-order valence-corrected chi connectivity index (χ3v) is 2.73. The Bertz CT molecular complexity index is 122. The Kier molecular flexibility index (Phi) is 0.663. The molecule has 46 valence electrons. The summed E-state index contributed by atoms with van der Waals surface area (Å²) in [5, 5.41) is 0. The van der Waals surface area contributed by atoms with Crippen molar-refractivity contribution in [1.29, 1.82) is 0 Å². The van der Waals surface area contributed by atoms with E-state index in [4.69, 9.17) is 0 Å². The summed E-state index contributed by atoms with van der Waals surface area (Å²) in [5.41, 5.74) is 0.666. The minimum absolute atomic E-state index is 0.666. The van der Waals surface area contributed by atoms with Gasteiger partial charge in [-0.3, -0.25) is 4.90 Å². The largest absolute Gasteiger partial charge is 0.292 e. The van der Waals surface area contributed by atoms with E-state index in [9.17, 15) is 0 Å². The van der Waals surface area contributed by atoms with Crippen molar-refractivity contribution in [3.05, 3.63) is 0 Å². The molecule has 0 N–H and O–H groups in total. The number of hydrogen-bond donors (Lipinski definition) is 0. The summed E-state index contributed by atoms with van der Waals surface area (Å²) in [6, 6.07) is 0.889. The van der Waals surface area contributed by atoms with Gasteiger partial charge in [0.05, 0.1) is 0 Å². The number of piperidine rings is 1. The van der Waals surface area contributed by atoms with Crippen LogP contribution in [0.5, 0.6) is 0 Å². The van der Waals surface area contributed by atoms with Crippen LogP contribution in [0.3, 0.4) is 0 Å². The van der Waals surface area contributed by atoms with Crippen molar-refractivity contribution in [3.63, 3.8) is 0 Å². The van der Waals surface area contributed by atoms with Crippen molar-refractivity contribution in [2.24, 2.45) is 0 Å². The van der Waals surface area contributed by atoms with Gasteiger partial charge in [0.1, 0.15) is 0 Å². The molecule has 0 radical (unpaired) electrons. The molecule has 0 aromatic heterocycles. The van der Waals surface area contributed by atoms with Crippen LogP contribution >= 0.6 is 0 Å². The maximum Gasteiger partial charge on any atom is 0.0312 e. The molecule has 0 aromatic rings. The average Bonchev–Trinajstić information content (AvgIpc) is 2.32. The van der Waals surface area contributed by atoms with Gasteiger partial charge in [0.2, 0.25) is 0 Å². The van der Waals surface area contributed by atoms with Gasteiger partial charge in [-0.1, -0.05) is 0 Å². The molecule has 0 amide bonds. The molecule has 2 heterocycles. The van der Waals surface area contributed by atoms with Gasteiger partial charge in [-0.25, -0.2) is 0 Å². The van der Waals surface area contributed by atoms with E-state index in [0.29, 0.717) is 5.54 Å². The van der Waals surface area contributed by atoms with Gasteiger partial charge in [0.15, 0.2) is 0 Å². The van der Waals surface area contributed by atoms with Gasteiger partial charge in [-0.15, -0.1) is 0 Å². The highest BCUT2D eigenvalue weighted by Gasteiger charge is 2.54. The summed E-state index contributed by atoms with van der Waals surface area (Å²) in [6.07, 6.45) is 2.87. The molecule has 2 aliphatic heterocycles. The van der Waals surface area contributed by atoms with Gasteiger partial charge in [-0.2, -0.15) is 0 Å². The van der Waals surface area contributed by atoms with Gasteiger partial charge in [-0.05, 0) is 26.7 Å². The van der Waals surface area contributed by atoms with Crippen LogP contribution in [-0.2, 0) is 0 Å². The number of fused-ring (bicyclic) bond motifs is 1. The predicted molar refractivity (Wildman–Crippen MR) is 33.8 cm³/mol. The highest BCUT2D eigenvalue weighted by atomic mass is 15.4. The molecule has 8 heavy (non-hydrogen) atoms. The Labute approximate surface area is 50.7 Å². The third-order valence-electron chi connectivity index (χ3n) is 2.73. The molecule has 2 rings (SSSR count). The number of nitrogens with zero attached hydrogens (tertiary/aromatic N) is 1. The van der Waals surface area contributed by atoms with Crippen molar-refractivity contribution < 1.29 is 0 Å². The fourth-order valence-corrected chi connectivity index (χ4v) is 1.92. The van der Waals surface area contributed by atoms with Crippen LogP contribution in [0.4, 0.5) is 0 Å². The molecule has 0 bridgehead atoms. The van der Waals surface area contributed by atoms with Crippen LogP contribution in [0.2, 0.25) is 0 Å². The Morgan fingerprint density at radius 2 is 2.38 bits per heavy atom. The summed E-state index contributed by atoms with van der Waals surface area (Å²) >= 11 is 0. The first-order chi connectivity index (χ1) is 3.72. The minimum atomic E-state index is 0.666. The maximum absolute atomic E-state index is 2.59. The second-order valence-corrected chi connectivity index (χ2v) is 3.51. The molecule has 0 saturated carbocycles. The molecular weight excluding hydrogens is 98.1 g/mol.